The average Bonchev–Trinajstić information content (AvgIpc) is 3.01. The zero-order chi connectivity index (χ0) is 17.3. The number of H-pyrrole nitrogens is 1. The SMILES string of the molecule is N#Cc1ccc(NC(=O)c2ccc3cc[nH]c3c2)cc1C(F)(F)F. The number of benzene rings is 2. The monoisotopic (exact) mass is 329 g/mol. The Morgan fingerprint density at radius 2 is 1.92 bits per heavy atom. The Morgan fingerprint density at radius 3 is 2.62 bits per heavy atom. The molecular weight excluding hydrogens is 319 g/mol. The van der Waals surface area contributed by atoms with Crippen LogP contribution in [0.5, 0.6) is 0 Å². The summed E-state index contributed by atoms with van der Waals surface area (Å²) in [5.41, 5.74) is -0.546. The van der Waals surface area contributed by atoms with Crippen LogP contribution in [0.4, 0.5) is 18.9 Å². The molecule has 0 saturated heterocycles. The van der Waals surface area contributed by atoms with Crippen LogP contribution in [0.15, 0.2) is 48.7 Å². The number of hydrogen-bond donors (Lipinski definition) is 2. The molecular formula is C17H10F3N3O. The molecule has 0 aliphatic rings. The molecule has 0 fully saturated rings. The third kappa shape index (κ3) is 2.94. The third-order valence-electron chi connectivity index (χ3n) is 3.52. The Hall–Kier alpha value is -3.27. The predicted molar refractivity (Wildman–Crippen MR) is 82.4 cm³/mol. The molecule has 120 valence electrons. The lowest BCUT2D eigenvalue weighted by molar-refractivity contribution is -0.137. The van der Waals surface area contributed by atoms with Gasteiger partial charge in [-0.2, -0.15) is 18.4 Å². The van der Waals surface area contributed by atoms with E-state index in [9.17, 15) is 18.0 Å². The second-order valence-corrected chi connectivity index (χ2v) is 5.10. The van der Waals surface area contributed by atoms with Crippen LogP contribution in [-0.2, 0) is 6.18 Å². The number of nitrogens with zero attached hydrogens (tertiary/aromatic N) is 1. The van der Waals surface area contributed by atoms with E-state index < -0.39 is 23.2 Å². The van der Waals surface area contributed by atoms with Gasteiger partial charge in [0.15, 0.2) is 0 Å². The first-order valence-electron chi connectivity index (χ1n) is 6.88. The summed E-state index contributed by atoms with van der Waals surface area (Å²) in [4.78, 5) is 15.2. The number of aromatic amines is 1. The smallest absolute Gasteiger partial charge is 0.361 e. The van der Waals surface area contributed by atoms with Crippen LogP contribution in [-0.4, -0.2) is 10.9 Å². The molecule has 1 amide bonds. The second kappa shape index (κ2) is 5.74. The summed E-state index contributed by atoms with van der Waals surface area (Å²) in [6.07, 6.45) is -2.95. The van der Waals surface area contributed by atoms with Crippen molar-refractivity contribution >= 4 is 22.5 Å². The maximum absolute atomic E-state index is 12.9. The number of carbonyl (C=O) groups is 1. The topological polar surface area (TPSA) is 68.7 Å². The van der Waals surface area contributed by atoms with Crippen LogP contribution in [0.1, 0.15) is 21.5 Å². The van der Waals surface area contributed by atoms with Gasteiger partial charge in [0, 0.05) is 23.0 Å². The van der Waals surface area contributed by atoms with E-state index in [1.54, 1.807) is 24.4 Å². The summed E-state index contributed by atoms with van der Waals surface area (Å²) < 4.78 is 38.8. The number of rotatable bonds is 2. The standard InChI is InChI=1S/C17H10F3N3O/c18-17(19,20)14-8-13(4-3-12(14)9-21)23-16(24)11-2-1-10-5-6-22-15(10)7-11/h1-8,22H,(H,23,24). The van der Waals surface area contributed by atoms with Crippen molar-refractivity contribution in [2.75, 3.05) is 5.32 Å². The molecule has 4 nitrogen and oxygen atoms in total. The van der Waals surface area contributed by atoms with Gasteiger partial charge in [0.2, 0.25) is 0 Å². The van der Waals surface area contributed by atoms with E-state index in [0.29, 0.717) is 5.56 Å². The van der Waals surface area contributed by atoms with Crippen molar-refractivity contribution in [1.82, 2.24) is 4.98 Å². The van der Waals surface area contributed by atoms with Crippen molar-refractivity contribution in [3.05, 3.63) is 65.4 Å². The number of hydrogen-bond acceptors (Lipinski definition) is 2. The minimum absolute atomic E-state index is 0.0297. The molecule has 3 rings (SSSR count). The van der Waals surface area contributed by atoms with Crippen LogP contribution in [0, 0.1) is 11.3 Å². The summed E-state index contributed by atoms with van der Waals surface area (Å²) >= 11 is 0. The fraction of sp³-hybridized carbons (Fsp3) is 0.0588. The van der Waals surface area contributed by atoms with Crippen molar-refractivity contribution < 1.29 is 18.0 Å². The van der Waals surface area contributed by atoms with Crippen LogP contribution in [0.3, 0.4) is 0 Å². The fourth-order valence-electron chi connectivity index (χ4n) is 2.35. The number of nitriles is 1. The highest BCUT2D eigenvalue weighted by Crippen LogP contribution is 2.33. The van der Waals surface area contributed by atoms with Gasteiger partial charge in [0.05, 0.1) is 17.2 Å². The molecule has 0 aliphatic carbocycles. The lowest BCUT2D eigenvalue weighted by Crippen LogP contribution is -2.14. The summed E-state index contributed by atoms with van der Waals surface area (Å²) in [7, 11) is 0. The van der Waals surface area contributed by atoms with Crippen molar-refractivity contribution in [3.8, 4) is 6.07 Å². The predicted octanol–water partition coefficient (Wildman–Crippen LogP) is 4.31. The maximum atomic E-state index is 12.9. The van der Waals surface area contributed by atoms with Gasteiger partial charge in [0.1, 0.15) is 0 Å². The molecule has 0 bridgehead atoms. The Morgan fingerprint density at radius 1 is 1.12 bits per heavy atom. The number of halogens is 3. The summed E-state index contributed by atoms with van der Waals surface area (Å²) in [6, 6.07) is 11.3. The molecule has 1 aromatic heterocycles. The molecule has 0 aliphatic heterocycles. The highest BCUT2D eigenvalue weighted by molar-refractivity contribution is 6.06. The first-order valence-corrected chi connectivity index (χ1v) is 6.88. The average molecular weight is 329 g/mol. The van der Waals surface area contributed by atoms with E-state index in [0.717, 1.165) is 23.0 Å². The van der Waals surface area contributed by atoms with E-state index in [1.807, 2.05) is 6.07 Å². The lowest BCUT2D eigenvalue weighted by Gasteiger charge is -2.11. The molecule has 3 aromatic rings. The number of fused-ring (bicyclic) bond motifs is 1. The first-order chi connectivity index (χ1) is 11.4. The Labute approximate surface area is 134 Å². The Bertz CT molecular complexity index is 967. The quantitative estimate of drug-likeness (QED) is 0.735. The Kier molecular flexibility index (Phi) is 3.73. The van der Waals surface area contributed by atoms with Crippen molar-refractivity contribution in [1.29, 1.82) is 5.26 Å². The largest absolute Gasteiger partial charge is 0.417 e. The molecule has 1 heterocycles. The first kappa shape index (κ1) is 15.6. The number of amides is 1. The van der Waals surface area contributed by atoms with E-state index in [-0.39, 0.29) is 5.69 Å². The number of anilines is 1. The molecule has 0 radical (unpaired) electrons. The number of nitrogens with one attached hydrogen (secondary N) is 2. The van der Waals surface area contributed by atoms with E-state index >= 15 is 0 Å². The molecule has 24 heavy (non-hydrogen) atoms. The highest BCUT2D eigenvalue weighted by atomic mass is 19.4. The molecule has 7 heteroatoms. The molecule has 0 atom stereocenters. The minimum atomic E-state index is -4.67. The van der Waals surface area contributed by atoms with Crippen molar-refractivity contribution in [3.63, 3.8) is 0 Å². The third-order valence-corrected chi connectivity index (χ3v) is 3.52. The Balaban J connectivity index is 1.90. The van der Waals surface area contributed by atoms with Crippen LogP contribution >= 0.6 is 0 Å². The van der Waals surface area contributed by atoms with Gasteiger partial charge in [-0.05, 0) is 41.8 Å². The summed E-state index contributed by atoms with van der Waals surface area (Å²) in [5.74, 6) is -0.538. The molecule has 0 unspecified atom stereocenters. The summed E-state index contributed by atoms with van der Waals surface area (Å²) in [6.45, 7) is 0. The molecule has 0 spiro atoms. The minimum Gasteiger partial charge on any atom is -0.361 e. The van der Waals surface area contributed by atoms with Gasteiger partial charge in [-0.3, -0.25) is 4.79 Å². The van der Waals surface area contributed by atoms with Crippen molar-refractivity contribution in [2.24, 2.45) is 0 Å². The van der Waals surface area contributed by atoms with Crippen molar-refractivity contribution in [2.45, 2.75) is 6.18 Å². The zero-order valence-corrected chi connectivity index (χ0v) is 12.1. The van der Waals surface area contributed by atoms with E-state index in [4.69, 9.17) is 5.26 Å². The number of carbonyl (C=O) groups excluding carboxylic acids is 1. The van der Waals surface area contributed by atoms with Crippen LogP contribution < -0.4 is 5.32 Å². The van der Waals surface area contributed by atoms with E-state index in [2.05, 4.69) is 10.3 Å². The molecule has 0 saturated carbocycles. The normalized spacial score (nSPS) is 11.2. The van der Waals surface area contributed by atoms with Gasteiger partial charge in [-0.25, -0.2) is 0 Å². The van der Waals surface area contributed by atoms with E-state index in [1.165, 1.54) is 12.1 Å². The van der Waals surface area contributed by atoms with Crippen LogP contribution in [0.25, 0.3) is 10.9 Å². The maximum Gasteiger partial charge on any atom is 0.417 e. The second-order valence-electron chi connectivity index (χ2n) is 5.10. The number of aromatic nitrogens is 1. The molecule has 2 aromatic carbocycles. The summed E-state index contributed by atoms with van der Waals surface area (Å²) in [5, 5.41) is 12.1. The molecule has 2 N–H and O–H groups in total. The fourth-order valence-corrected chi connectivity index (χ4v) is 2.35. The van der Waals surface area contributed by atoms with Gasteiger partial charge >= 0.3 is 6.18 Å². The zero-order valence-electron chi connectivity index (χ0n) is 12.1. The van der Waals surface area contributed by atoms with Gasteiger partial charge in [-0.15, -0.1) is 0 Å². The highest BCUT2D eigenvalue weighted by Gasteiger charge is 2.34. The van der Waals surface area contributed by atoms with Crippen LogP contribution in [0.2, 0.25) is 0 Å². The van der Waals surface area contributed by atoms with Gasteiger partial charge in [-0.1, -0.05) is 6.07 Å². The van der Waals surface area contributed by atoms with Gasteiger partial charge < -0.3 is 10.3 Å². The van der Waals surface area contributed by atoms with Gasteiger partial charge in [0.25, 0.3) is 5.91 Å². The lowest BCUT2D eigenvalue weighted by atomic mass is 10.1. The number of alkyl halides is 3.